The molecule has 0 amide bonds. The van der Waals surface area contributed by atoms with E-state index in [0.29, 0.717) is 6.04 Å². The van der Waals surface area contributed by atoms with Gasteiger partial charge in [0, 0.05) is 30.5 Å². The van der Waals surface area contributed by atoms with E-state index in [1.807, 2.05) is 6.92 Å². The lowest BCUT2D eigenvalue weighted by atomic mass is 10.2. The van der Waals surface area contributed by atoms with Gasteiger partial charge in [0.25, 0.3) is 0 Å². The summed E-state index contributed by atoms with van der Waals surface area (Å²) in [5.74, 6) is 0. The van der Waals surface area contributed by atoms with Gasteiger partial charge in [-0.1, -0.05) is 6.07 Å². The van der Waals surface area contributed by atoms with Crippen molar-refractivity contribution in [2.75, 3.05) is 37.8 Å². The van der Waals surface area contributed by atoms with E-state index in [0.717, 1.165) is 24.3 Å². The molecular formula is C13H21N3. The summed E-state index contributed by atoms with van der Waals surface area (Å²) in [4.78, 5) is 4.72. The zero-order chi connectivity index (χ0) is 11.7. The molecule has 16 heavy (non-hydrogen) atoms. The van der Waals surface area contributed by atoms with Crippen LogP contribution in [0.2, 0.25) is 0 Å². The topological polar surface area (TPSA) is 32.5 Å². The SMILES string of the molecule is Cc1ccc(N2CC[C@H](N(C)C)C2)cc1N. The first-order valence-corrected chi connectivity index (χ1v) is 5.85. The second-order valence-electron chi connectivity index (χ2n) is 4.89. The number of likely N-dealkylation sites (N-methyl/N-ethyl adjacent to an activating group) is 1. The van der Waals surface area contributed by atoms with Crippen molar-refractivity contribution < 1.29 is 0 Å². The zero-order valence-corrected chi connectivity index (χ0v) is 10.4. The number of hydrogen-bond donors (Lipinski definition) is 1. The average Bonchev–Trinajstić information content (AvgIpc) is 2.71. The lowest BCUT2D eigenvalue weighted by molar-refractivity contribution is 0.315. The molecule has 1 aliphatic rings. The lowest BCUT2D eigenvalue weighted by Crippen LogP contribution is -2.31. The highest BCUT2D eigenvalue weighted by Gasteiger charge is 2.24. The molecule has 88 valence electrons. The maximum Gasteiger partial charge on any atom is 0.0387 e. The Morgan fingerprint density at radius 2 is 2.12 bits per heavy atom. The Balaban J connectivity index is 2.11. The molecule has 0 spiro atoms. The van der Waals surface area contributed by atoms with Gasteiger partial charge in [0.2, 0.25) is 0 Å². The van der Waals surface area contributed by atoms with Crippen molar-refractivity contribution in [1.82, 2.24) is 4.90 Å². The summed E-state index contributed by atoms with van der Waals surface area (Å²) in [7, 11) is 4.30. The molecular weight excluding hydrogens is 198 g/mol. The van der Waals surface area contributed by atoms with Crippen LogP contribution in [-0.4, -0.2) is 38.1 Å². The molecule has 1 fully saturated rings. The molecule has 1 saturated heterocycles. The van der Waals surface area contributed by atoms with Crippen LogP contribution in [0.3, 0.4) is 0 Å². The predicted octanol–water partition coefficient (Wildman–Crippen LogP) is 1.72. The van der Waals surface area contributed by atoms with Crippen LogP contribution in [0.4, 0.5) is 11.4 Å². The third-order valence-electron chi connectivity index (χ3n) is 3.52. The maximum atomic E-state index is 5.95. The summed E-state index contributed by atoms with van der Waals surface area (Å²) >= 11 is 0. The summed E-state index contributed by atoms with van der Waals surface area (Å²) in [5, 5.41) is 0. The summed E-state index contributed by atoms with van der Waals surface area (Å²) < 4.78 is 0. The van der Waals surface area contributed by atoms with Gasteiger partial charge in [-0.25, -0.2) is 0 Å². The minimum Gasteiger partial charge on any atom is -0.398 e. The summed E-state index contributed by atoms with van der Waals surface area (Å²) in [5.41, 5.74) is 9.26. The summed E-state index contributed by atoms with van der Waals surface area (Å²) in [6.07, 6.45) is 1.24. The standard InChI is InChI=1S/C13H21N3/c1-10-4-5-11(8-13(10)14)16-7-6-12(9-16)15(2)3/h4-5,8,12H,6-7,9,14H2,1-3H3/t12-/m0/s1. The third kappa shape index (κ3) is 2.14. The first kappa shape index (κ1) is 11.3. The van der Waals surface area contributed by atoms with E-state index in [-0.39, 0.29) is 0 Å². The van der Waals surface area contributed by atoms with Gasteiger partial charge in [0.05, 0.1) is 0 Å². The fraction of sp³-hybridized carbons (Fsp3) is 0.538. The normalized spacial score (nSPS) is 20.8. The molecule has 1 aliphatic heterocycles. The Morgan fingerprint density at radius 3 is 2.69 bits per heavy atom. The van der Waals surface area contributed by atoms with E-state index in [1.165, 1.54) is 12.1 Å². The van der Waals surface area contributed by atoms with E-state index in [4.69, 9.17) is 5.73 Å². The third-order valence-corrected chi connectivity index (χ3v) is 3.52. The highest BCUT2D eigenvalue weighted by Crippen LogP contribution is 2.25. The summed E-state index contributed by atoms with van der Waals surface area (Å²) in [6, 6.07) is 7.03. The molecule has 0 bridgehead atoms. The van der Waals surface area contributed by atoms with Crippen molar-refractivity contribution in [3.05, 3.63) is 23.8 Å². The van der Waals surface area contributed by atoms with Gasteiger partial charge in [0.15, 0.2) is 0 Å². The lowest BCUT2D eigenvalue weighted by Gasteiger charge is -2.22. The number of benzene rings is 1. The Kier molecular flexibility index (Phi) is 3.06. The molecule has 2 N–H and O–H groups in total. The highest BCUT2D eigenvalue weighted by molar-refractivity contribution is 5.60. The predicted molar refractivity (Wildman–Crippen MR) is 69.9 cm³/mol. The first-order chi connectivity index (χ1) is 7.58. The highest BCUT2D eigenvalue weighted by atomic mass is 15.2. The van der Waals surface area contributed by atoms with Crippen molar-refractivity contribution in [2.24, 2.45) is 0 Å². The molecule has 0 aliphatic carbocycles. The van der Waals surface area contributed by atoms with Gasteiger partial charge in [-0.05, 0) is 45.1 Å². The second kappa shape index (κ2) is 4.34. The van der Waals surface area contributed by atoms with Crippen LogP contribution in [-0.2, 0) is 0 Å². The van der Waals surface area contributed by atoms with Gasteiger partial charge >= 0.3 is 0 Å². The molecule has 1 aromatic rings. The van der Waals surface area contributed by atoms with Crippen molar-refractivity contribution >= 4 is 11.4 Å². The largest absolute Gasteiger partial charge is 0.398 e. The molecule has 0 saturated carbocycles. The van der Waals surface area contributed by atoms with Crippen molar-refractivity contribution in [3.63, 3.8) is 0 Å². The van der Waals surface area contributed by atoms with Crippen molar-refractivity contribution in [3.8, 4) is 0 Å². The zero-order valence-electron chi connectivity index (χ0n) is 10.4. The van der Waals surface area contributed by atoms with Gasteiger partial charge in [-0.3, -0.25) is 0 Å². The Morgan fingerprint density at radius 1 is 1.38 bits per heavy atom. The molecule has 1 heterocycles. The van der Waals surface area contributed by atoms with Gasteiger partial charge < -0.3 is 15.5 Å². The fourth-order valence-corrected chi connectivity index (χ4v) is 2.22. The van der Waals surface area contributed by atoms with Gasteiger partial charge in [-0.15, -0.1) is 0 Å². The number of hydrogen-bond acceptors (Lipinski definition) is 3. The van der Waals surface area contributed by atoms with E-state index in [1.54, 1.807) is 0 Å². The number of rotatable bonds is 2. The minimum atomic E-state index is 0.669. The average molecular weight is 219 g/mol. The van der Waals surface area contributed by atoms with Gasteiger partial charge in [0.1, 0.15) is 0 Å². The molecule has 1 aromatic carbocycles. The number of nitrogens with zero attached hydrogens (tertiary/aromatic N) is 2. The fourth-order valence-electron chi connectivity index (χ4n) is 2.22. The van der Waals surface area contributed by atoms with E-state index in [2.05, 4.69) is 42.1 Å². The number of nitrogen functional groups attached to an aromatic ring is 1. The number of anilines is 2. The molecule has 1 atom stereocenters. The van der Waals surface area contributed by atoms with Crippen LogP contribution in [0.15, 0.2) is 18.2 Å². The smallest absolute Gasteiger partial charge is 0.0387 e. The van der Waals surface area contributed by atoms with Crippen LogP contribution in [0, 0.1) is 6.92 Å². The van der Waals surface area contributed by atoms with Crippen molar-refractivity contribution in [2.45, 2.75) is 19.4 Å². The van der Waals surface area contributed by atoms with Crippen LogP contribution in [0.25, 0.3) is 0 Å². The Labute approximate surface area is 97.8 Å². The van der Waals surface area contributed by atoms with E-state index < -0.39 is 0 Å². The van der Waals surface area contributed by atoms with Crippen LogP contribution < -0.4 is 10.6 Å². The van der Waals surface area contributed by atoms with Crippen LogP contribution >= 0.6 is 0 Å². The molecule has 2 rings (SSSR count). The minimum absolute atomic E-state index is 0.669. The van der Waals surface area contributed by atoms with Crippen LogP contribution in [0.5, 0.6) is 0 Å². The molecule has 0 aromatic heterocycles. The number of aryl methyl sites for hydroxylation is 1. The maximum absolute atomic E-state index is 5.95. The molecule has 0 unspecified atom stereocenters. The Bertz CT molecular complexity index is 373. The first-order valence-electron chi connectivity index (χ1n) is 5.85. The molecule has 3 heteroatoms. The van der Waals surface area contributed by atoms with E-state index >= 15 is 0 Å². The number of nitrogens with two attached hydrogens (primary N) is 1. The molecule has 3 nitrogen and oxygen atoms in total. The summed E-state index contributed by atoms with van der Waals surface area (Å²) in [6.45, 7) is 4.28. The quantitative estimate of drug-likeness (QED) is 0.769. The second-order valence-corrected chi connectivity index (χ2v) is 4.89. The van der Waals surface area contributed by atoms with Gasteiger partial charge in [-0.2, -0.15) is 0 Å². The monoisotopic (exact) mass is 219 g/mol. The Hall–Kier alpha value is -1.22. The van der Waals surface area contributed by atoms with Crippen LogP contribution in [0.1, 0.15) is 12.0 Å². The van der Waals surface area contributed by atoms with E-state index in [9.17, 15) is 0 Å². The molecule has 0 radical (unpaired) electrons. The van der Waals surface area contributed by atoms with Crippen molar-refractivity contribution in [1.29, 1.82) is 0 Å².